The van der Waals surface area contributed by atoms with Crippen LogP contribution in [0.1, 0.15) is 16.1 Å². The van der Waals surface area contributed by atoms with E-state index in [1.54, 1.807) is 11.3 Å². The van der Waals surface area contributed by atoms with Crippen LogP contribution in [0.4, 0.5) is 0 Å². The maximum absolute atomic E-state index is 6.20. The molecule has 1 heterocycles. The van der Waals surface area contributed by atoms with Crippen molar-refractivity contribution in [1.82, 2.24) is 4.98 Å². The number of aromatic nitrogens is 1. The number of benzene rings is 3. The van der Waals surface area contributed by atoms with Crippen molar-refractivity contribution in [1.29, 1.82) is 0 Å². The lowest BCUT2D eigenvalue weighted by Gasteiger charge is -2.13. The van der Waals surface area contributed by atoms with Gasteiger partial charge in [0.25, 0.3) is 0 Å². The third kappa shape index (κ3) is 5.26. The van der Waals surface area contributed by atoms with Gasteiger partial charge < -0.3 is 15.2 Å². The zero-order chi connectivity index (χ0) is 20.6. The first-order valence-electron chi connectivity index (χ1n) is 9.94. The molecule has 1 aromatic heterocycles. The third-order valence-corrected chi connectivity index (χ3v) is 5.53. The Kier molecular flexibility index (Phi) is 6.75. The monoisotopic (exact) mass is 416 g/mol. The van der Waals surface area contributed by atoms with Crippen LogP contribution in [0.3, 0.4) is 0 Å². The largest absolute Gasteiger partial charge is 0.489 e. The van der Waals surface area contributed by atoms with E-state index in [2.05, 4.69) is 29.6 Å². The summed E-state index contributed by atoms with van der Waals surface area (Å²) in [5, 5.41) is 3.09. The molecule has 3 aromatic carbocycles. The number of nitrogens with zero attached hydrogens (tertiary/aromatic N) is 1. The maximum Gasteiger partial charge on any atom is 0.132 e. The summed E-state index contributed by atoms with van der Waals surface area (Å²) in [5.41, 5.74) is 9.77. The van der Waals surface area contributed by atoms with Gasteiger partial charge in [-0.1, -0.05) is 60.7 Å². The molecule has 0 amide bonds. The van der Waals surface area contributed by atoms with Crippen molar-refractivity contribution in [3.63, 3.8) is 0 Å². The van der Waals surface area contributed by atoms with Gasteiger partial charge in [-0.3, -0.25) is 0 Å². The zero-order valence-corrected chi connectivity index (χ0v) is 17.5. The number of hydrogen-bond donors (Lipinski definition) is 1. The molecule has 152 valence electrons. The number of rotatable bonds is 9. The molecule has 0 spiro atoms. The van der Waals surface area contributed by atoms with Crippen LogP contribution in [0.2, 0.25) is 0 Å². The highest BCUT2D eigenvalue weighted by Gasteiger charge is 2.13. The van der Waals surface area contributed by atoms with Crippen LogP contribution in [0.15, 0.2) is 84.2 Å². The van der Waals surface area contributed by atoms with Crippen molar-refractivity contribution in [2.45, 2.75) is 19.6 Å². The number of hydrogen-bond acceptors (Lipinski definition) is 5. The Morgan fingerprint density at radius 3 is 2.13 bits per heavy atom. The highest BCUT2D eigenvalue weighted by molar-refractivity contribution is 7.09. The Bertz CT molecular complexity index is 1060. The average Bonchev–Trinajstić information content (AvgIpc) is 3.26. The Morgan fingerprint density at radius 2 is 1.47 bits per heavy atom. The SMILES string of the molecule is NCCc1nc(-c2ccc(OCc3ccccc3)cc2OCc2ccccc2)cs1. The van der Waals surface area contributed by atoms with Gasteiger partial charge in [-0.25, -0.2) is 4.98 Å². The Hall–Kier alpha value is -3.15. The van der Waals surface area contributed by atoms with Crippen molar-refractivity contribution in [3.05, 3.63) is 100 Å². The predicted molar refractivity (Wildman–Crippen MR) is 122 cm³/mol. The van der Waals surface area contributed by atoms with E-state index >= 15 is 0 Å². The van der Waals surface area contributed by atoms with Crippen LogP contribution in [0.5, 0.6) is 11.5 Å². The van der Waals surface area contributed by atoms with Gasteiger partial charge in [0.05, 0.1) is 10.7 Å². The van der Waals surface area contributed by atoms with Crippen molar-refractivity contribution in [2.75, 3.05) is 6.54 Å². The molecule has 4 rings (SSSR count). The van der Waals surface area contributed by atoms with Crippen molar-refractivity contribution >= 4 is 11.3 Å². The smallest absolute Gasteiger partial charge is 0.132 e. The first kappa shape index (κ1) is 20.1. The maximum atomic E-state index is 6.20. The van der Waals surface area contributed by atoms with E-state index in [0.29, 0.717) is 19.8 Å². The fraction of sp³-hybridized carbons (Fsp3) is 0.160. The van der Waals surface area contributed by atoms with Crippen LogP contribution in [-0.4, -0.2) is 11.5 Å². The van der Waals surface area contributed by atoms with E-state index in [9.17, 15) is 0 Å². The summed E-state index contributed by atoms with van der Waals surface area (Å²) in [7, 11) is 0. The summed E-state index contributed by atoms with van der Waals surface area (Å²) < 4.78 is 12.2. The van der Waals surface area contributed by atoms with Gasteiger partial charge in [0.2, 0.25) is 0 Å². The van der Waals surface area contributed by atoms with Crippen LogP contribution in [-0.2, 0) is 19.6 Å². The minimum atomic E-state index is 0.482. The second-order valence-corrected chi connectivity index (χ2v) is 7.81. The highest BCUT2D eigenvalue weighted by atomic mass is 32.1. The van der Waals surface area contributed by atoms with E-state index in [-0.39, 0.29) is 0 Å². The minimum Gasteiger partial charge on any atom is -0.489 e. The summed E-state index contributed by atoms with van der Waals surface area (Å²) in [5.74, 6) is 1.53. The standard InChI is InChI=1S/C25H24N2O2S/c26-14-13-25-27-23(18-30-25)22-12-11-21(28-16-19-7-3-1-4-8-19)15-24(22)29-17-20-9-5-2-6-10-20/h1-12,15,18H,13-14,16-17,26H2. The molecular formula is C25H24N2O2S. The summed E-state index contributed by atoms with van der Waals surface area (Å²) >= 11 is 1.63. The predicted octanol–water partition coefficient (Wildman–Crippen LogP) is 5.47. The molecule has 0 aliphatic heterocycles. The van der Waals surface area contributed by atoms with E-state index in [1.807, 2.05) is 54.6 Å². The molecule has 0 saturated heterocycles. The van der Waals surface area contributed by atoms with Crippen LogP contribution < -0.4 is 15.2 Å². The third-order valence-electron chi connectivity index (χ3n) is 4.62. The molecule has 0 radical (unpaired) electrons. The van der Waals surface area contributed by atoms with Gasteiger partial charge in [0, 0.05) is 23.4 Å². The minimum absolute atomic E-state index is 0.482. The molecule has 30 heavy (non-hydrogen) atoms. The zero-order valence-electron chi connectivity index (χ0n) is 16.7. The molecule has 0 bridgehead atoms. The summed E-state index contributed by atoms with van der Waals surface area (Å²) in [6.07, 6.45) is 0.781. The lowest BCUT2D eigenvalue weighted by molar-refractivity contribution is 0.291. The van der Waals surface area contributed by atoms with E-state index in [4.69, 9.17) is 20.2 Å². The fourth-order valence-corrected chi connectivity index (χ4v) is 3.89. The molecule has 4 aromatic rings. The second-order valence-electron chi connectivity index (χ2n) is 6.87. The molecule has 0 aliphatic carbocycles. The normalized spacial score (nSPS) is 10.7. The molecule has 0 fully saturated rings. The summed E-state index contributed by atoms with van der Waals surface area (Å²) in [6, 6.07) is 26.2. The van der Waals surface area contributed by atoms with Gasteiger partial charge in [0.15, 0.2) is 0 Å². The summed E-state index contributed by atoms with van der Waals surface area (Å²) in [4.78, 5) is 4.73. The molecule has 0 unspecified atom stereocenters. The van der Waals surface area contributed by atoms with Crippen LogP contribution >= 0.6 is 11.3 Å². The van der Waals surface area contributed by atoms with E-state index in [0.717, 1.165) is 45.3 Å². The molecule has 0 atom stereocenters. The first-order chi connectivity index (χ1) is 14.8. The molecular weight excluding hydrogens is 392 g/mol. The number of thiazole rings is 1. The Morgan fingerprint density at radius 1 is 0.800 bits per heavy atom. The number of nitrogens with two attached hydrogens (primary N) is 1. The Balaban J connectivity index is 1.57. The number of ether oxygens (including phenoxy) is 2. The lowest BCUT2D eigenvalue weighted by atomic mass is 10.1. The van der Waals surface area contributed by atoms with E-state index in [1.165, 1.54) is 0 Å². The van der Waals surface area contributed by atoms with Gasteiger partial charge in [-0.2, -0.15) is 0 Å². The lowest BCUT2D eigenvalue weighted by Crippen LogP contribution is -2.02. The van der Waals surface area contributed by atoms with E-state index < -0.39 is 0 Å². The highest BCUT2D eigenvalue weighted by Crippen LogP contribution is 2.35. The van der Waals surface area contributed by atoms with Gasteiger partial charge >= 0.3 is 0 Å². The molecule has 5 heteroatoms. The van der Waals surface area contributed by atoms with Crippen molar-refractivity contribution < 1.29 is 9.47 Å². The average molecular weight is 417 g/mol. The fourth-order valence-electron chi connectivity index (χ4n) is 3.07. The first-order valence-corrected chi connectivity index (χ1v) is 10.8. The molecule has 4 nitrogen and oxygen atoms in total. The van der Waals surface area contributed by atoms with Crippen LogP contribution in [0, 0.1) is 0 Å². The van der Waals surface area contributed by atoms with Crippen LogP contribution in [0.25, 0.3) is 11.3 Å². The van der Waals surface area contributed by atoms with Crippen molar-refractivity contribution in [2.24, 2.45) is 5.73 Å². The molecule has 0 aliphatic rings. The van der Waals surface area contributed by atoms with Gasteiger partial charge in [-0.05, 0) is 29.8 Å². The van der Waals surface area contributed by atoms with Gasteiger partial charge in [-0.15, -0.1) is 11.3 Å². The molecule has 2 N–H and O–H groups in total. The Labute approximate surface area is 180 Å². The van der Waals surface area contributed by atoms with Crippen molar-refractivity contribution in [3.8, 4) is 22.8 Å². The summed E-state index contributed by atoms with van der Waals surface area (Å²) in [6.45, 7) is 1.59. The van der Waals surface area contributed by atoms with Gasteiger partial charge in [0.1, 0.15) is 24.7 Å². The second kappa shape index (κ2) is 10.1. The topological polar surface area (TPSA) is 57.4 Å². The quantitative estimate of drug-likeness (QED) is 0.393. The molecule has 0 saturated carbocycles.